The molecule has 3 N–H and O–H groups in total. The lowest BCUT2D eigenvalue weighted by atomic mass is 10.0. The summed E-state index contributed by atoms with van der Waals surface area (Å²) in [6.07, 6.45) is -1.01. The molecule has 0 aromatic carbocycles. The van der Waals surface area contributed by atoms with E-state index in [2.05, 4.69) is 20.0 Å². The number of alkyl carbamates (subject to hydrolysis) is 1. The Morgan fingerprint density at radius 1 is 1.36 bits per heavy atom. The van der Waals surface area contributed by atoms with Crippen LogP contribution in [0.15, 0.2) is 6.07 Å². The number of hydrogen-bond donors (Lipinski definition) is 3. The van der Waals surface area contributed by atoms with Crippen LogP contribution >= 0.6 is 11.5 Å². The van der Waals surface area contributed by atoms with Crippen molar-refractivity contribution in [2.75, 3.05) is 18.5 Å². The minimum Gasteiger partial charge on any atom is -0.465 e. The van der Waals surface area contributed by atoms with Crippen molar-refractivity contribution in [1.29, 1.82) is 0 Å². The van der Waals surface area contributed by atoms with Gasteiger partial charge < -0.3 is 25.2 Å². The predicted octanol–water partition coefficient (Wildman–Crippen LogP) is 3.63. The molecular formula is C23H28FN5O6S. The summed E-state index contributed by atoms with van der Waals surface area (Å²) in [5, 5.41) is 15.3. The largest absolute Gasteiger partial charge is 0.465 e. The van der Waals surface area contributed by atoms with Crippen LogP contribution in [-0.2, 0) is 22.4 Å². The molecule has 2 aromatic heterocycles. The topological polar surface area (TPSA) is 143 Å². The fraction of sp³-hybridized carbons (Fsp3) is 0.522. The van der Waals surface area contributed by atoms with Crippen molar-refractivity contribution in [2.45, 2.75) is 64.8 Å². The number of pyridine rings is 1. The number of carbonyl (C=O) groups is 3. The molecule has 1 fully saturated rings. The minimum absolute atomic E-state index is 0.0509. The zero-order valence-electron chi connectivity index (χ0n) is 20.4. The summed E-state index contributed by atoms with van der Waals surface area (Å²) in [6.45, 7) is 7.29. The Morgan fingerprint density at radius 3 is 2.75 bits per heavy atom. The zero-order valence-corrected chi connectivity index (χ0v) is 21.2. The first-order chi connectivity index (χ1) is 17.0. The normalized spacial score (nSPS) is 19.7. The molecular weight excluding hydrogens is 493 g/mol. The number of fused-ring (bicyclic) bond motifs is 1. The number of nitrogens with one attached hydrogen (secondary N) is 2. The number of hydrogen-bond acceptors (Lipinski definition) is 9. The molecule has 0 unspecified atom stereocenters. The molecule has 2 aliphatic rings. The Bertz CT molecular complexity index is 1200. The van der Waals surface area contributed by atoms with Crippen molar-refractivity contribution in [2.24, 2.45) is 0 Å². The van der Waals surface area contributed by atoms with E-state index in [9.17, 15) is 19.5 Å². The van der Waals surface area contributed by atoms with E-state index >= 15 is 4.39 Å². The Labute approximate surface area is 211 Å². The van der Waals surface area contributed by atoms with E-state index in [1.807, 2.05) is 6.92 Å². The Balaban J connectivity index is 1.69. The molecule has 1 saturated heterocycles. The number of amides is 3. The fourth-order valence-corrected chi connectivity index (χ4v) is 4.88. The molecule has 0 bridgehead atoms. The predicted molar refractivity (Wildman–Crippen MR) is 129 cm³/mol. The molecule has 0 radical (unpaired) electrons. The number of aryl methyl sites for hydroxylation is 1. The van der Waals surface area contributed by atoms with Gasteiger partial charge in [-0.1, -0.05) is 6.92 Å². The molecule has 2 aliphatic heterocycles. The molecule has 4 rings (SSSR count). The first-order valence-corrected chi connectivity index (χ1v) is 12.3. The monoisotopic (exact) mass is 521 g/mol. The molecule has 36 heavy (non-hydrogen) atoms. The highest BCUT2D eigenvalue weighted by Crippen LogP contribution is 2.38. The van der Waals surface area contributed by atoms with Gasteiger partial charge in [0.2, 0.25) is 0 Å². The van der Waals surface area contributed by atoms with Crippen LogP contribution in [0.4, 0.5) is 19.8 Å². The van der Waals surface area contributed by atoms with Crippen molar-refractivity contribution in [3.05, 3.63) is 28.7 Å². The van der Waals surface area contributed by atoms with E-state index in [1.54, 1.807) is 26.8 Å². The van der Waals surface area contributed by atoms with Gasteiger partial charge in [0.25, 0.3) is 5.91 Å². The summed E-state index contributed by atoms with van der Waals surface area (Å²) >= 11 is 1.11. The molecule has 13 heteroatoms. The second kappa shape index (κ2) is 9.97. The molecule has 2 aromatic rings. The first-order valence-electron chi connectivity index (χ1n) is 11.6. The first kappa shape index (κ1) is 25.8. The van der Waals surface area contributed by atoms with Gasteiger partial charge in [-0.15, -0.1) is 0 Å². The number of halogens is 1. The Hall–Kier alpha value is -3.32. The highest BCUT2D eigenvalue weighted by Gasteiger charge is 2.40. The van der Waals surface area contributed by atoms with Crippen molar-refractivity contribution in [3.63, 3.8) is 0 Å². The molecule has 2 atom stereocenters. The number of aromatic nitrogens is 2. The molecule has 4 heterocycles. The lowest BCUT2D eigenvalue weighted by Gasteiger charge is -2.33. The number of nitrogens with zero attached hydrogens (tertiary/aromatic N) is 3. The van der Waals surface area contributed by atoms with Gasteiger partial charge in [0.15, 0.2) is 11.6 Å². The van der Waals surface area contributed by atoms with E-state index in [-0.39, 0.29) is 29.2 Å². The highest BCUT2D eigenvalue weighted by molar-refractivity contribution is 7.09. The van der Waals surface area contributed by atoms with Gasteiger partial charge in [-0.2, -0.15) is 4.37 Å². The average molecular weight is 522 g/mol. The number of imide groups is 1. The van der Waals surface area contributed by atoms with Crippen LogP contribution in [0.5, 0.6) is 0 Å². The van der Waals surface area contributed by atoms with E-state index in [4.69, 9.17) is 9.47 Å². The van der Waals surface area contributed by atoms with Crippen molar-refractivity contribution < 1.29 is 33.4 Å². The maximum absolute atomic E-state index is 15.7. The van der Waals surface area contributed by atoms with Gasteiger partial charge >= 0.3 is 12.2 Å². The summed E-state index contributed by atoms with van der Waals surface area (Å²) in [4.78, 5) is 42.3. The lowest BCUT2D eigenvalue weighted by Crippen LogP contribution is -2.53. The third kappa shape index (κ3) is 5.26. The van der Waals surface area contributed by atoms with Gasteiger partial charge in [0, 0.05) is 12.2 Å². The highest BCUT2D eigenvalue weighted by atomic mass is 32.1. The SMILES string of the molecule is CCc1cc(-c2nc(N[C@@H]3CCOC[C@@H]3NC(=O)OC(C)(C)C)c(F)c3c2C(=O)N(C(=O)O)C3)sn1. The number of rotatable bonds is 5. The molecule has 0 aliphatic carbocycles. The minimum atomic E-state index is -1.47. The van der Waals surface area contributed by atoms with Crippen molar-refractivity contribution in [1.82, 2.24) is 19.6 Å². The van der Waals surface area contributed by atoms with Gasteiger partial charge in [0.1, 0.15) is 5.60 Å². The quantitative estimate of drug-likeness (QED) is 0.537. The second-order valence-electron chi connectivity index (χ2n) is 9.55. The van der Waals surface area contributed by atoms with Gasteiger partial charge in [-0.05, 0) is 51.2 Å². The van der Waals surface area contributed by atoms with Crippen molar-refractivity contribution in [3.8, 4) is 10.6 Å². The van der Waals surface area contributed by atoms with Crippen LogP contribution in [0.1, 0.15) is 55.7 Å². The third-order valence-electron chi connectivity index (χ3n) is 5.78. The summed E-state index contributed by atoms with van der Waals surface area (Å²) in [5.41, 5.74) is 0.117. The Kier molecular flexibility index (Phi) is 7.14. The van der Waals surface area contributed by atoms with Gasteiger partial charge in [-0.3, -0.25) is 4.79 Å². The summed E-state index contributed by atoms with van der Waals surface area (Å²) < 4.78 is 30.8. The van der Waals surface area contributed by atoms with Crippen LogP contribution in [0, 0.1) is 5.82 Å². The van der Waals surface area contributed by atoms with Crippen LogP contribution < -0.4 is 10.6 Å². The zero-order chi connectivity index (χ0) is 26.2. The van der Waals surface area contributed by atoms with Crippen LogP contribution in [0.3, 0.4) is 0 Å². The molecule has 194 valence electrons. The molecule has 0 spiro atoms. The van der Waals surface area contributed by atoms with Crippen LogP contribution in [0.2, 0.25) is 0 Å². The van der Waals surface area contributed by atoms with Crippen LogP contribution in [0.25, 0.3) is 10.6 Å². The third-order valence-corrected chi connectivity index (χ3v) is 6.61. The standard InChI is InChI=1S/C23H28FN5O6S/c1-5-11-8-15(36-28-11)18-16-12(9-29(20(16)30)22(32)33)17(24)19(27-18)25-13-6-7-34-10-14(13)26-21(31)35-23(2,3)4/h8,13-14H,5-7,9-10H2,1-4H3,(H,25,27)(H,26,31)(H,32,33)/t13-,14+/m1/s1. The van der Waals surface area contributed by atoms with E-state index < -0.39 is 48.1 Å². The molecule has 3 amide bonds. The maximum Gasteiger partial charge on any atom is 0.414 e. The van der Waals surface area contributed by atoms with E-state index in [1.165, 1.54) is 0 Å². The smallest absolute Gasteiger partial charge is 0.414 e. The van der Waals surface area contributed by atoms with Gasteiger partial charge in [0.05, 0.1) is 47.1 Å². The lowest BCUT2D eigenvalue weighted by molar-refractivity contribution is 0.0317. The Morgan fingerprint density at radius 2 is 2.11 bits per heavy atom. The number of carbonyl (C=O) groups excluding carboxylic acids is 2. The van der Waals surface area contributed by atoms with Gasteiger partial charge in [-0.25, -0.2) is 23.9 Å². The van der Waals surface area contributed by atoms with E-state index in [0.717, 1.165) is 17.2 Å². The van der Waals surface area contributed by atoms with Crippen molar-refractivity contribution >= 4 is 35.4 Å². The van der Waals surface area contributed by atoms with E-state index in [0.29, 0.717) is 29.2 Å². The number of anilines is 1. The molecule has 11 nitrogen and oxygen atoms in total. The summed E-state index contributed by atoms with van der Waals surface area (Å²) in [7, 11) is 0. The summed E-state index contributed by atoms with van der Waals surface area (Å²) in [5.74, 6) is -1.78. The van der Waals surface area contributed by atoms with Crippen LogP contribution in [-0.4, -0.2) is 68.4 Å². The average Bonchev–Trinajstić information content (AvgIpc) is 3.41. The fourth-order valence-electron chi connectivity index (χ4n) is 4.06. The number of ether oxygens (including phenoxy) is 2. The molecule has 0 saturated carbocycles. The number of carboxylic acid groups (broad SMARTS) is 1. The maximum atomic E-state index is 15.7. The second-order valence-corrected chi connectivity index (χ2v) is 10.4. The summed E-state index contributed by atoms with van der Waals surface area (Å²) in [6, 6.07) is 0.755.